The lowest BCUT2D eigenvalue weighted by Crippen LogP contribution is -1.93. The molecule has 96 valence electrons. The second-order valence-electron chi connectivity index (χ2n) is 3.51. The van der Waals surface area contributed by atoms with Crippen LogP contribution >= 0.6 is 0 Å². The lowest BCUT2D eigenvalue weighted by atomic mass is 10.2. The van der Waals surface area contributed by atoms with E-state index in [-0.39, 0.29) is 12.3 Å². The Hall–Kier alpha value is -2.80. The maximum Gasteiger partial charge on any atom is 0.464 e. The van der Waals surface area contributed by atoms with Crippen molar-refractivity contribution in [2.75, 3.05) is 6.61 Å². The lowest BCUT2D eigenvalue weighted by molar-refractivity contribution is 0.110. The molecule has 1 aromatic carbocycles. The Morgan fingerprint density at radius 1 is 1.37 bits per heavy atom. The van der Waals surface area contributed by atoms with E-state index in [1.807, 2.05) is 30.3 Å². The molecule has 0 aromatic heterocycles. The van der Waals surface area contributed by atoms with Gasteiger partial charge in [-0.1, -0.05) is 49.1 Å². The summed E-state index contributed by atoms with van der Waals surface area (Å²) < 4.78 is 4.98. The number of nitrogens with zero attached hydrogens (tertiary/aromatic N) is 2. The molecular formula is C15H15N2O2+. The third kappa shape index (κ3) is 5.37. The Labute approximate surface area is 112 Å². The number of hydrogen-bond acceptors (Lipinski definition) is 3. The third-order valence-electron chi connectivity index (χ3n) is 2.15. The Balaban J connectivity index is 2.71. The van der Waals surface area contributed by atoms with Crippen LogP contribution in [0.5, 0.6) is 0 Å². The van der Waals surface area contributed by atoms with E-state index in [0.29, 0.717) is 0 Å². The first kappa shape index (κ1) is 14.3. The molecule has 0 heterocycles. The number of ether oxygens (including phenoxy) is 1. The molecule has 0 saturated carbocycles. The van der Waals surface area contributed by atoms with Crippen LogP contribution in [0.2, 0.25) is 0 Å². The zero-order valence-electron chi connectivity index (χ0n) is 10.4. The van der Waals surface area contributed by atoms with Crippen LogP contribution in [0.15, 0.2) is 72.9 Å². The van der Waals surface area contributed by atoms with E-state index >= 15 is 0 Å². The Morgan fingerprint density at radius 2 is 2.11 bits per heavy atom. The SMILES string of the molecule is C=C/C=C\CO/C(O)=C(/C=C/c1ccccc1)[N+]#N. The minimum Gasteiger partial charge on any atom is -0.475 e. The molecule has 0 aliphatic rings. The number of hydrogen-bond donors (Lipinski definition) is 1. The summed E-state index contributed by atoms with van der Waals surface area (Å²) in [6.07, 6.45) is 8.11. The molecule has 4 heteroatoms. The molecule has 0 atom stereocenters. The fraction of sp³-hybridized carbons (Fsp3) is 0.0667. The summed E-state index contributed by atoms with van der Waals surface area (Å²) in [5, 5.41) is 18.4. The molecule has 1 rings (SSSR count). The minimum absolute atomic E-state index is 0.0455. The van der Waals surface area contributed by atoms with Crippen molar-refractivity contribution in [2.24, 2.45) is 0 Å². The zero-order valence-corrected chi connectivity index (χ0v) is 10.4. The largest absolute Gasteiger partial charge is 0.475 e. The van der Waals surface area contributed by atoms with Crippen molar-refractivity contribution < 1.29 is 9.84 Å². The molecule has 0 fully saturated rings. The molecule has 1 aromatic rings. The van der Waals surface area contributed by atoms with Crippen LogP contribution in [0.25, 0.3) is 11.1 Å². The van der Waals surface area contributed by atoms with Gasteiger partial charge >= 0.3 is 11.6 Å². The first-order valence-corrected chi connectivity index (χ1v) is 5.69. The van der Waals surface area contributed by atoms with Crippen LogP contribution in [0.3, 0.4) is 0 Å². The standard InChI is InChI=1S/C15H14N2O2/c1-2-3-7-12-19-15(18)14(17-16)11-10-13-8-5-4-6-9-13/h2-11H,1,12H2/p+1/b7-3-,11-10+,15-14-. The van der Waals surface area contributed by atoms with Crippen molar-refractivity contribution in [1.29, 1.82) is 5.39 Å². The number of allylic oxidation sites excluding steroid dienone is 3. The normalized spacial score (nSPS) is 12.2. The third-order valence-corrected chi connectivity index (χ3v) is 2.15. The highest BCUT2D eigenvalue weighted by Crippen LogP contribution is 2.10. The molecule has 0 unspecified atom stereocenters. The number of diazo groups is 1. The summed E-state index contributed by atoms with van der Waals surface area (Å²) in [7, 11) is 0. The number of aliphatic hydroxyl groups is 1. The second kappa shape index (κ2) is 8.31. The molecular weight excluding hydrogens is 240 g/mol. The van der Waals surface area contributed by atoms with Gasteiger partial charge in [0, 0.05) is 6.08 Å². The van der Waals surface area contributed by atoms with Crippen molar-refractivity contribution in [3.8, 4) is 0 Å². The molecule has 0 radical (unpaired) electrons. The van der Waals surface area contributed by atoms with Gasteiger partial charge in [-0.3, -0.25) is 0 Å². The number of aliphatic hydroxyl groups excluding tert-OH is 1. The Kier molecular flexibility index (Phi) is 6.24. The first-order chi connectivity index (χ1) is 9.27. The van der Waals surface area contributed by atoms with Gasteiger partial charge in [0.25, 0.3) is 0 Å². The Morgan fingerprint density at radius 3 is 2.74 bits per heavy atom. The predicted octanol–water partition coefficient (Wildman–Crippen LogP) is 4.04. The average Bonchev–Trinajstić information content (AvgIpc) is 2.45. The van der Waals surface area contributed by atoms with E-state index in [1.54, 1.807) is 24.3 Å². The summed E-state index contributed by atoms with van der Waals surface area (Å²) in [5.74, 6) is -0.441. The summed E-state index contributed by atoms with van der Waals surface area (Å²) in [5.41, 5.74) is 0.874. The van der Waals surface area contributed by atoms with Gasteiger partial charge in [0.1, 0.15) is 6.61 Å². The van der Waals surface area contributed by atoms with E-state index in [9.17, 15) is 5.11 Å². The van der Waals surface area contributed by atoms with E-state index < -0.39 is 5.95 Å². The van der Waals surface area contributed by atoms with E-state index in [4.69, 9.17) is 10.1 Å². The van der Waals surface area contributed by atoms with Crippen LogP contribution in [0, 0.1) is 5.39 Å². The van der Waals surface area contributed by atoms with Crippen LogP contribution in [-0.4, -0.2) is 11.7 Å². The number of benzene rings is 1. The highest BCUT2D eigenvalue weighted by molar-refractivity contribution is 5.53. The van der Waals surface area contributed by atoms with Crippen LogP contribution in [-0.2, 0) is 4.74 Å². The van der Waals surface area contributed by atoms with E-state index in [0.717, 1.165) is 5.56 Å². The number of rotatable bonds is 6. The summed E-state index contributed by atoms with van der Waals surface area (Å²) in [4.78, 5) is 2.98. The molecule has 4 nitrogen and oxygen atoms in total. The van der Waals surface area contributed by atoms with Gasteiger partial charge in [-0.05, 0) is 17.7 Å². The average molecular weight is 255 g/mol. The van der Waals surface area contributed by atoms with Crippen LogP contribution in [0.1, 0.15) is 5.56 Å². The van der Waals surface area contributed by atoms with Gasteiger partial charge < -0.3 is 9.84 Å². The van der Waals surface area contributed by atoms with E-state index in [1.165, 1.54) is 6.08 Å². The minimum atomic E-state index is -0.441. The smallest absolute Gasteiger partial charge is 0.464 e. The van der Waals surface area contributed by atoms with Crippen LogP contribution < -0.4 is 0 Å². The van der Waals surface area contributed by atoms with Gasteiger partial charge in [0.15, 0.2) is 4.98 Å². The lowest BCUT2D eigenvalue weighted by Gasteiger charge is -1.96. The molecule has 0 spiro atoms. The molecule has 1 N–H and O–H groups in total. The fourth-order valence-electron chi connectivity index (χ4n) is 1.24. The fourth-order valence-corrected chi connectivity index (χ4v) is 1.24. The topological polar surface area (TPSA) is 57.6 Å². The van der Waals surface area contributed by atoms with Gasteiger partial charge in [-0.25, -0.2) is 0 Å². The van der Waals surface area contributed by atoms with Crippen molar-refractivity contribution >= 4 is 6.08 Å². The maximum atomic E-state index is 9.58. The summed E-state index contributed by atoms with van der Waals surface area (Å²) in [6.45, 7) is 3.67. The molecule has 0 saturated heterocycles. The highest BCUT2D eigenvalue weighted by Gasteiger charge is 2.16. The van der Waals surface area contributed by atoms with Crippen LogP contribution in [0.4, 0.5) is 0 Å². The molecule has 0 bridgehead atoms. The van der Waals surface area contributed by atoms with Crippen molar-refractivity contribution in [1.82, 2.24) is 0 Å². The Bertz CT molecular complexity index is 537. The highest BCUT2D eigenvalue weighted by atomic mass is 16.6. The molecule has 0 amide bonds. The van der Waals surface area contributed by atoms with E-state index in [2.05, 4.69) is 11.6 Å². The predicted molar refractivity (Wildman–Crippen MR) is 75.5 cm³/mol. The van der Waals surface area contributed by atoms with Gasteiger partial charge in [0.2, 0.25) is 5.39 Å². The maximum absolute atomic E-state index is 9.58. The van der Waals surface area contributed by atoms with Gasteiger partial charge in [-0.2, -0.15) is 0 Å². The molecule has 19 heavy (non-hydrogen) atoms. The molecule has 0 aliphatic carbocycles. The zero-order chi connectivity index (χ0) is 13.9. The summed E-state index contributed by atoms with van der Waals surface area (Å²) >= 11 is 0. The second-order valence-corrected chi connectivity index (χ2v) is 3.51. The summed E-state index contributed by atoms with van der Waals surface area (Å²) in [6, 6.07) is 9.44. The molecule has 0 aliphatic heterocycles. The monoisotopic (exact) mass is 255 g/mol. The quantitative estimate of drug-likeness (QED) is 0.474. The first-order valence-electron chi connectivity index (χ1n) is 5.69. The van der Waals surface area contributed by atoms with Gasteiger partial charge in [0.05, 0.1) is 0 Å². The van der Waals surface area contributed by atoms with Crippen molar-refractivity contribution in [3.05, 3.63) is 83.4 Å². The van der Waals surface area contributed by atoms with Crippen molar-refractivity contribution in [3.63, 3.8) is 0 Å². The van der Waals surface area contributed by atoms with Gasteiger partial charge in [-0.15, -0.1) is 0 Å². The van der Waals surface area contributed by atoms with Crippen molar-refractivity contribution in [2.45, 2.75) is 0 Å².